The Morgan fingerprint density at radius 1 is 0.591 bits per heavy atom. The zero-order valence-electron chi connectivity index (χ0n) is 40.1. The third-order valence-corrected chi connectivity index (χ3v) is 14.6. The highest BCUT2D eigenvalue weighted by Crippen LogP contribution is 2.53. The lowest BCUT2D eigenvalue weighted by atomic mass is 9.64. The van der Waals surface area contributed by atoms with Gasteiger partial charge in [0.2, 0.25) is 23.6 Å². The molecule has 6 atom stereocenters. The van der Waals surface area contributed by atoms with Crippen molar-refractivity contribution in [2.75, 3.05) is 27.3 Å². The Bertz CT molecular complexity index is 2130. The van der Waals surface area contributed by atoms with E-state index in [0.29, 0.717) is 49.9 Å². The van der Waals surface area contributed by atoms with Gasteiger partial charge < -0.3 is 41.4 Å². The van der Waals surface area contributed by atoms with Gasteiger partial charge in [-0.05, 0) is 107 Å². The van der Waals surface area contributed by atoms with Crippen molar-refractivity contribution in [2.24, 2.45) is 23.3 Å². The summed E-state index contributed by atoms with van der Waals surface area (Å²) in [6.45, 7) is 14.5. The number of amides is 6. The Labute approximate surface area is 389 Å². The Morgan fingerprint density at radius 3 is 1.27 bits per heavy atom. The summed E-state index contributed by atoms with van der Waals surface area (Å²) in [6, 6.07) is 23.1. The third kappa shape index (κ3) is 9.37. The number of methoxy groups -OCH3 is 2. The maximum absolute atomic E-state index is 14.2. The Balaban J connectivity index is 1.37. The van der Waals surface area contributed by atoms with Crippen LogP contribution in [0.3, 0.4) is 0 Å². The van der Waals surface area contributed by atoms with Gasteiger partial charge in [-0.1, -0.05) is 128 Å². The van der Waals surface area contributed by atoms with Crippen molar-refractivity contribution in [3.8, 4) is 0 Å². The van der Waals surface area contributed by atoms with Gasteiger partial charge in [0.15, 0.2) is 0 Å². The summed E-state index contributed by atoms with van der Waals surface area (Å²) < 4.78 is 9.63. The molecular weight excluding hydrogens is 837 g/mol. The quantitative estimate of drug-likeness (QED) is 0.138. The van der Waals surface area contributed by atoms with Crippen LogP contribution < -0.4 is 22.1 Å². The molecule has 356 valence electrons. The van der Waals surface area contributed by atoms with E-state index in [0.717, 1.165) is 30.4 Å². The summed E-state index contributed by atoms with van der Waals surface area (Å²) in [7, 11) is 2.48. The number of ether oxygens (including phenoxy) is 2. The van der Waals surface area contributed by atoms with E-state index in [2.05, 4.69) is 79.9 Å². The number of hydrogen-bond acceptors (Lipinski definition) is 8. The summed E-state index contributed by atoms with van der Waals surface area (Å²) in [5.41, 5.74) is 15.5. The minimum absolute atomic E-state index is 0.0392. The Hall–Kier alpha value is -5.92. The number of carbonyl (C=O) groups is 6. The van der Waals surface area contributed by atoms with Crippen molar-refractivity contribution >= 4 is 35.8 Å². The van der Waals surface area contributed by atoms with Crippen molar-refractivity contribution in [1.29, 1.82) is 0 Å². The molecule has 3 aliphatic rings. The van der Waals surface area contributed by atoms with Crippen LogP contribution in [-0.4, -0.2) is 85.0 Å². The molecule has 6 rings (SSSR count). The van der Waals surface area contributed by atoms with Crippen molar-refractivity contribution in [2.45, 2.75) is 140 Å². The fourth-order valence-electron chi connectivity index (χ4n) is 11.0. The summed E-state index contributed by atoms with van der Waals surface area (Å²) in [5, 5.41) is 5.32. The summed E-state index contributed by atoms with van der Waals surface area (Å²) in [5.74, 6) is -2.38. The Kier molecular flexibility index (Phi) is 14.9. The summed E-state index contributed by atoms with van der Waals surface area (Å²) >= 11 is 0. The Morgan fingerprint density at radius 2 is 0.955 bits per heavy atom. The number of hydrogen-bond donors (Lipinski definition) is 4. The van der Waals surface area contributed by atoms with Crippen molar-refractivity contribution in [3.63, 3.8) is 0 Å². The second kappa shape index (κ2) is 19.9. The van der Waals surface area contributed by atoms with Gasteiger partial charge in [-0.2, -0.15) is 0 Å². The summed E-state index contributed by atoms with van der Waals surface area (Å²) in [6.07, 6.45) is 3.16. The molecule has 1 aliphatic carbocycles. The van der Waals surface area contributed by atoms with E-state index in [1.54, 1.807) is 0 Å². The number of likely N-dealkylation sites (tertiary alicyclic amines) is 2. The molecule has 1 saturated carbocycles. The highest BCUT2D eigenvalue weighted by atomic mass is 16.5. The maximum Gasteiger partial charge on any atom is 0.407 e. The molecule has 2 saturated heterocycles. The van der Waals surface area contributed by atoms with Gasteiger partial charge in [0.25, 0.3) is 0 Å². The van der Waals surface area contributed by atoms with Gasteiger partial charge in [0, 0.05) is 13.1 Å². The first kappa shape index (κ1) is 49.5. The average Bonchev–Trinajstić information content (AvgIpc) is 3.96. The first-order valence-corrected chi connectivity index (χ1v) is 23.5. The topological polar surface area (TPSA) is 203 Å². The standard InChI is InChI=1S/C52H70N6O8/c1-31(2)42(55-48(63)65-8)44(59)57-29-11-27-51(57,46(53)61)37-23-15-33(16-24-37)39-13-10-14-40(41(39)35-19-21-36(22-20-35)50(5,6)7)34-17-25-38(26-18-34)52(47(54)62)28-12-30-58(52)45(60)43(32(3)4)56-49(64)66-9/h15-26,31-32,39-43H,10-14,27-30H2,1-9H3,(H2,53,61)(H2,54,62)(H,55,63)(H,56,64)/t39?,40?,41?,42-,43-,51-,52-/m0/s1. The van der Waals surface area contributed by atoms with Crippen LogP contribution >= 0.6 is 0 Å². The molecule has 6 amide bonds. The molecule has 14 heteroatoms. The average molecular weight is 907 g/mol. The molecular formula is C52H70N6O8. The van der Waals surface area contributed by atoms with Crippen LogP contribution in [0.2, 0.25) is 0 Å². The van der Waals surface area contributed by atoms with E-state index in [4.69, 9.17) is 20.9 Å². The molecule has 0 bridgehead atoms. The number of nitrogens with zero attached hydrogens (tertiary/aromatic N) is 2. The fraction of sp³-hybridized carbons (Fsp3) is 0.538. The molecule has 3 aromatic rings. The lowest BCUT2D eigenvalue weighted by Gasteiger charge is -2.41. The molecule has 3 aromatic carbocycles. The largest absolute Gasteiger partial charge is 0.453 e. The summed E-state index contributed by atoms with van der Waals surface area (Å²) in [4.78, 5) is 83.2. The third-order valence-electron chi connectivity index (χ3n) is 14.6. The van der Waals surface area contributed by atoms with Crippen LogP contribution in [0.1, 0.15) is 145 Å². The van der Waals surface area contributed by atoms with E-state index in [1.807, 2.05) is 52.0 Å². The van der Waals surface area contributed by atoms with E-state index >= 15 is 0 Å². The molecule has 66 heavy (non-hydrogen) atoms. The molecule has 0 aromatic heterocycles. The molecule has 14 nitrogen and oxygen atoms in total. The van der Waals surface area contributed by atoms with E-state index in [-0.39, 0.29) is 46.8 Å². The SMILES string of the molecule is COC(=O)N[C@H](C(=O)N1CCC[C@@]1(C(N)=O)c1ccc(C2CCCC(c3ccc([C@]4(C(N)=O)CCCN4C(=O)[C@@H](NC(=O)OC)C(C)C)cc3)C2c2ccc(C(C)(C)C)cc2)cc1)C(C)C. The van der Waals surface area contributed by atoms with Gasteiger partial charge in [0.05, 0.1) is 14.2 Å². The van der Waals surface area contributed by atoms with E-state index in [1.165, 1.54) is 35.1 Å². The molecule has 2 unspecified atom stereocenters. The van der Waals surface area contributed by atoms with Gasteiger partial charge in [-0.25, -0.2) is 9.59 Å². The van der Waals surface area contributed by atoms with Gasteiger partial charge in [0.1, 0.15) is 23.2 Å². The maximum atomic E-state index is 14.2. The van der Waals surface area contributed by atoms with Crippen molar-refractivity contribution in [3.05, 3.63) is 106 Å². The first-order valence-electron chi connectivity index (χ1n) is 23.5. The molecule has 6 N–H and O–H groups in total. The molecule has 2 heterocycles. The van der Waals surface area contributed by atoms with Crippen LogP contribution in [0.5, 0.6) is 0 Å². The number of primary amides is 2. The second-order valence-corrected chi connectivity index (χ2v) is 20.1. The number of nitrogens with two attached hydrogens (primary N) is 2. The minimum atomic E-state index is -1.39. The lowest BCUT2D eigenvalue weighted by molar-refractivity contribution is -0.146. The number of carbonyl (C=O) groups excluding carboxylic acids is 6. The first-order chi connectivity index (χ1) is 31.2. The second-order valence-electron chi connectivity index (χ2n) is 20.1. The highest BCUT2D eigenvalue weighted by molar-refractivity contribution is 5.96. The minimum Gasteiger partial charge on any atom is -0.453 e. The zero-order chi connectivity index (χ0) is 48.3. The van der Waals surface area contributed by atoms with Gasteiger partial charge in [-0.15, -0.1) is 0 Å². The molecule has 0 radical (unpaired) electrons. The lowest BCUT2D eigenvalue weighted by Crippen LogP contribution is -2.59. The smallest absolute Gasteiger partial charge is 0.407 e. The van der Waals surface area contributed by atoms with Crippen molar-refractivity contribution in [1.82, 2.24) is 20.4 Å². The van der Waals surface area contributed by atoms with Gasteiger partial charge in [-0.3, -0.25) is 19.2 Å². The van der Waals surface area contributed by atoms with Crippen LogP contribution in [0.25, 0.3) is 0 Å². The number of rotatable bonds is 13. The van der Waals surface area contributed by atoms with Crippen molar-refractivity contribution < 1.29 is 38.2 Å². The number of nitrogens with one attached hydrogen (secondary N) is 2. The molecule has 0 spiro atoms. The zero-order valence-corrected chi connectivity index (χ0v) is 40.1. The highest BCUT2D eigenvalue weighted by Gasteiger charge is 2.53. The van der Waals surface area contributed by atoms with Gasteiger partial charge >= 0.3 is 12.2 Å². The number of benzene rings is 3. The van der Waals surface area contributed by atoms with Crippen LogP contribution in [0.4, 0.5) is 9.59 Å². The van der Waals surface area contributed by atoms with Crippen LogP contribution in [0, 0.1) is 11.8 Å². The molecule has 3 fully saturated rings. The predicted octanol–water partition coefficient (Wildman–Crippen LogP) is 7.19. The molecule has 2 aliphatic heterocycles. The normalized spacial score (nSPS) is 24.1. The number of alkyl carbamates (subject to hydrolysis) is 2. The predicted molar refractivity (Wildman–Crippen MR) is 252 cm³/mol. The van der Waals surface area contributed by atoms with Crippen LogP contribution in [-0.2, 0) is 45.1 Å². The van der Waals surface area contributed by atoms with Crippen LogP contribution in [0.15, 0.2) is 72.8 Å². The van der Waals surface area contributed by atoms with E-state index < -0.39 is 47.2 Å². The van der Waals surface area contributed by atoms with E-state index in [9.17, 15) is 28.8 Å². The monoisotopic (exact) mass is 907 g/mol. The fourth-order valence-corrected chi connectivity index (χ4v) is 11.0.